The number of amides is 4. The van der Waals surface area contributed by atoms with E-state index in [0.717, 1.165) is 5.56 Å². The topological polar surface area (TPSA) is 127 Å². The van der Waals surface area contributed by atoms with Gasteiger partial charge in [-0.05, 0) is 56.5 Å². The largest absolute Gasteiger partial charge is 0.493 e. The minimum atomic E-state index is -1.14. The molecular weight excluding hydrogens is 528 g/mol. The van der Waals surface area contributed by atoms with Gasteiger partial charge in [-0.3, -0.25) is 19.2 Å². The second-order valence-corrected chi connectivity index (χ2v) is 9.61. The summed E-state index contributed by atoms with van der Waals surface area (Å²) in [7, 11) is 3.09. The van der Waals surface area contributed by atoms with Gasteiger partial charge in [0.05, 0.1) is 38.8 Å². The third kappa shape index (κ3) is 8.86. The van der Waals surface area contributed by atoms with Gasteiger partial charge < -0.3 is 34.6 Å². The van der Waals surface area contributed by atoms with Crippen molar-refractivity contribution in [1.82, 2.24) is 20.4 Å². The van der Waals surface area contributed by atoms with Crippen molar-refractivity contribution in [1.29, 1.82) is 0 Å². The summed E-state index contributed by atoms with van der Waals surface area (Å²) in [5.74, 6) is -0.0368. The zero-order valence-corrected chi connectivity index (χ0v) is 24.2. The number of hydrogen-bond donors (Lipinski definition) is 2. The predicted molar refractivity (Wildman–Crippen MR) is 153 cm³/mol. The standard InChI is InChI=1S/C30H40N4O7/c1-5-34-16-17-41-24-12-8-7-11-22(24)29(37)32-23(19-27(35)33(3)20-28(34)36)30(38)31-15-9-10-21-13-14-25(40-6-2)26(18-21)39-4/h7-8,11-14,18,23H,5-6,9-10,15-17,19-20H2,1-4H3,(H,31,38)(H,32,37)/t23-/m0/s1. The Labute approximate surface area is 241 Å². The van der Waals surface area contributed by atoms with E-state index in [4.69, 9.17) is 14.2 Å². The minimum absolute atomic E-state index is 0.142. The number of para-hydroxylation sites is 1. The molecule has 0 spiro atoms. The highest BCUT2D eigenvalue weighted by Crippen LogP contribution is 2.28. The number of carbonyl (C=O) groups excluding carboxylic acids is 4. The van der Waals surface area contributed by atoms with E-state index in [-0.39, 0.29) is 31.0 Å². The highest BCUT2D eigenvalue weighted by Gasteiger charge is 2.28. The Morgan fingerprint density at radius 2 is 1.88 bits per heavy atom. The first-order chi connectivity index (χ1) is 19.8. The molecule has 0 unspecified atom stereocenters. The van der Waals surface area contributed by atoms with Gasteiger partial charge in [-0.25, -0.2) is 0 Å². The number of benzene rings is 2. The summed E-state index contributed by atoms with van der Waals surface area (Å²) in [6.07, 6.45) is 0.991. The van der Waals surface area contributed by atoms with Gasteiger partial charge in [0, 0.05) is 20.1 Å². The molecule has 0 bridgehead atoms. The first kappa shape index (κ1) is 31.3. The van der Waals surface area contributed by atoms with Gasteiger partial charge in [-0.15, -0.1) is 0 Å². The van der Waals surface area contributed by atoms with Crippen molar-refractivity contribution >= 4 is 23.6 Å². The Balaban J connectivity index is 1.71. The number of rotatable bonds is 9. The smallest absolute Gasteiger partial charge is 0.255 e. The molecule has 1 atom stereocenters. The molecule has 4 amide bonds. The van der Waals surface area contributed by atoms with Crippen LogP contribution in [-0.2, 0) is 20.8 Å². The van der Waals surface area contributed by atoms with Crippen LogP contribution in [0.25, 0.3) is 0 Å². The van der Waals surface area contributed by atoms with Gasteiger partial charge in [0.15, 0.2) is 11.5 Å². The molecule has 11 nitrogen and oxygen atoms in total. The number of likely N-dealkylation sites (N-methyl/N-ethyl adjacent to an activating group) is 2. The Hall–Kier alpha value is -4.28. The second kappa shape index (κ2) is 15.5. The fourth-order valence-electron chi connectivity index (χ4n) is 4.44. The third-order valence-corrected chi connectivity index (χ3v) is 6.75. The predicted octanol–water partition coefficient (Wildman–Crippen LogP) is 2.03. The third-order valence-electron chi connectivity index (χ3n) is 6.75. The van der Waals surface area contributed by atoms with Crippen molar-refractivity contribution in [3.05, 3.63) is 53.6 Å². The number of methoxy groups -OCH3 is 1. The lowest BCUT2D eigenvalue weighted by atomic mass is 10.1. The molecule has 0 saturated carbocycles. The van der Waals surface area contributed by atoms with Gasteiger partial charge in [-0.1, -0.05) is 18.2 Å². The average Bonchev–Trinajstić information content (AvgIpc) is 2.97. The lowest BCUT2D eigenvalue weighted by Crippen LogP contribution is -2.50. The Bertz CT molecular complexity index is 1220. The molecule has 0 saturated heterocycles. The van der Waals surface area contributed by atoms with E-state index >= 15 is 0 Å². The number of carbonyl (C=O) groups is 4. The Morgan fingerprint density at radius 1 is 1.10 bits per heavy atom. The van der Waals surface area contributed by atoms with Gasteiger partial charge in [0.2, 0.25) is 17.7 Å². The number of hydrogen-bond acceptors (Lipinski definition) is 7. The highest BCUT2D eigenvalue weighted by molar-refractivity contribution is 6.00. The van der Waals surface area contributed by atoms with Crippen LogP contribution in [0.2, 0.25) is 0 Å². The minimum Gasteiger partial charge on any atom is -0.493 e. The fourth-order valence-corrected chi connectivity index (χ4v) is 4.44. The molecule has 0 aromatic heterocycles. The molecule has 1 aliphatic rings. The number of aryl methyl sites for hydroxylation is 1. The van der Waals surface area contributed by atoms with Crippen molar-refractivity contribution in [2.45, 2.75) is 39.2 Å². The number of nitrogens with one attached hydrogen (secondary N) is 2. The fraction of sp³-hybridized carbons (Fsp3) is 0.467. The van der Waals surface area contributed by atoms with Crippen LogP contribution in [0, 0.1) is 0 Å². The van der Waals surface area contributed by atoms with Crippen molar-refractivity contribution < 1.29 is 33.4 Å². The van der Waals surface area contributed by atoms with E-state index in [1.807, 2.05) is 32.0 Å². The summed E-state index contributed by atoms with van der Waals surface area (Å²) in [5.41, 5.74) is 1.26. The molecule has 1 heterocycles. The van der Waals surface area contributed by atoms with Crippen LogP contribution >= 0.6 is 0 Å². The summed E-state index contributed by atoms with van der Waals surface area (Å²) in [6.45, 7) is 5.39. The van der Waals surface area contributed by atoms with E-state index in [0.29, 0.717) is 56.3 Å². The van der Waals surface area contributed by atoms with E-state index in [1.165, 1.54) is 11.9 Å². The molecule has 2 aromatic carbocycles. The molecule has 0 fully saturated rings. The second-order valence-electron chi connectivity index (χ2n) is 9.61. The van der Waals surface area contributed by atoms with Crippen LogP contribution in [0.3, 0.4) is 0 Å². The van der Waals surface area contributed by atoms with E-state index < -0.39 is 23.8 Å². The zero-order valence-electron chi connectivity index (χ0n) is 24.2. The normalized spacial score (nSPS) is 16.7. The van der Waals surface area contributed by atoms with Gasteiger partial charge >= 0.3 is 0 Å². The highest BCUT2D eigenvalue weighted by atomic mass is 16.5. The van der Waals surface area contributed by atoms with Crippen LogP contribution < -0.4 is 24.8 Å². The summed E-state index contributed by atoms with van der Waals surface area (Å²) in [6, 6.07) is 11.2. The number of nitrogens with zero attached hydrogens (tertiary/aromatic N) is 2. The number of ether oxygens (including phenoxy) is 3. The van der Waals surface area contributed by atoms with Crippen LogP contribution in [0.15, 0.2) is 42.5 Å². The molecule has 0 aliphatic carbocycles. The number of fused-ring (bicyclic) bond motifs is 1. The van der Waals surface area contributed by atoms with Crippen molar-refractivity contribution in [3.8, 4) is 17.2 Å². The lowest BCUT2D eigenvalue weighted by Gasteiger charge is -2.27. The molecule has 2 N–H and O–H groups in total. The molecule has 11 heteroatoms. The summed E-state index contributed by atoms with van der Waals surface area (Å²) < 4.78 is 16.8. The van der Waals surface area contributed by atoms with E-state index in [1.54, 1.807) is 36.3 Å². The van der Waals surface area contributed by atoms with Crippen LogP contribution in [-0.4, -0.2) is 93.0 Å². The van der Waals surface area contributed by atoms with Crippen molar-refractivity contribution in [3.63, 3.8) is 0 Å². The summed E-state index contributed by atoms with van der Waals surface area (Å²) in [5, 5.41) is 5.53. The van der Waals surface area contributed by atoms with Crippen LogP contribution in [0.5, 0.6) is 17.2 Å². The summed E-state index contributed by atoms with van der Waals surface area (Å²) in [4.78, 5) is 55.1. The monoisotopic (exact) mass is 568 g/mol. The van der Waals surface area contributed by atoms with Gasteiger partial charge in [0.1, 0.15) is 18.4 Å². The quantitative estimate of drug-likeness (QED) is 0.444. The molecule has 222 valence electrons. The lowest BCUT2D eigenvalue weighted by molar-refractivity contribution is -0.140. The molecule has 1 aliphatic heterocycles. The van der Waals surface area contributed by atoms with Crippen molar-refractivity contribution in [2.75, 3.05) is 53.6 Å². The maximum atomic E-state index is 13.2. The zero-order chi connectivity index (χ0) is 29.8. The molecule has 3 rings (SSSR count). The molecular formula is C30H40N4O7. The van der Waals surface area contributed by atoms with E-state index in [9.17, 15) is 19.2 Å². The van der Waals surface area contributed by atoms with E-state index in [2.05, 4.69) is 10.6 Å². The molecule has 0 radical (unpaired) electrons. The first-order valence-corrected chi connectivity index (χ1v) is 13.9. The maximum Gasteiger partial charge on any atom is 0.255 e. The molecule has 2 aromatic rings. The SMILES string of the molecule is CCOc1ccc(CCCNC(=O)[C@@H]2CC(=O)N(C)CC(=O)N(CC)CCOc3ccccc3C(=O)N2)cc1OC. The molecule has 41 heavy (non-hydrogen) atoms. The summed E-state index contributed by atoms with van der Waals surface area (Å²) >= 11 is 0. The van der Waals surface area contributed by atoms with Crippen molar-refractivity contribution in [2.24, 2.45) is 0 Å². The van der Waals surface area contributed by atoms with Gasteiger partial charge in [-0.2, -0.15) is 0 Å². The van der Waals surface area contributed by atoms with Crippen LogP contribution in [0.1, 0.15) is 42.6 Å². The van der Waals surface area contributed by atoms with Crippen LogP contribution in [0.4, 0.5) is 0 Å². The Morgan fingerprint density at radius 3 is 2.61 bits per heavy atom. The first-order valence-electron chi connectivity index (χ1n) is 13.9. The Kier molecular flexibility index (Phi) is 11.8. The maximum absolute atomic E-state index is 13.2. The average molecular weight is 569 g/mol. The van der Waals surface area contributed by atoms with Gasteiger partial charge in [0.25, 0.3) is 5.91 Å².